The number of carbonyl (C=O) groups is 1. The van der Waals surface area contributed by atoms with Gasteiger partial charge in [0.25, 0.3) is 0 Å². The van der Waals surface area contributed by atoms with Crippen molar-refractivity contribution >= 4 is 34.3 Å². The van der Waals surface area contributed by atoms with Crippen LogP contribution in [0.25, 0.3) is 10.9 Å². The third-order valence-corrected chi connectivity index (χ3v) is 5.06. The molecule has 1 aromatic heterocycles. The van der Waals surface area contributed by atoms with Gasteiger partial charge in [-0.25, -0.2) is 4.98 Å². The molecule has 0 radical (unpaired) electrons. The molecule has 3 rings (SSSR count). The summed E-state index contributed by atoms with van der Waals surface area (Å²) in [6.07, 6.45) is 0. The Kier molecular flexibility index (Phi) is 5.24. The average Bonchev–Trinajstić information content (AvgIpc) is 2.62. The molecule has 1 amide bonds. The highest BCUT2D eigenvalue weighted by Gasteiger charge is 2.11. The van der Waals surface area contributed by atoms with Gasteiger partial charge in [0.05, 0.1) is 16.8 Å². The number of pyridine rings is 1. The van der Waals surface area contributed by atoms with Gasteiger partial charge in [-0.3, -0.25) is 4.79 Å². The number of benzene rings is 2. The number of aromatic nitrogens is 1. The molecule has 0 aliphatic rings. The van der Waals surface area contributed by atoms with E-state index in [1.54, 1.807) is 0 Å². The molecule has 0 aliphatic heterocycles. The third-order valence-electron chi connectivity index (χ3n) is 4.07. The third kappa shape index (κ3) is 4.04. The van der Waals surface area contributed by atoms with E-state index in [2.05, 4.69) is 16.4 Å². The van der Waals surface area contributed by atoms with E-state index in [0.717, 1.165) is 33.3 Å². The molecule has 0 saturated heterocycles. The summed E-state index contributed by atoms with van der Waals surface area (Å²) < 4.78 is 0. The molecule has 0 saturated carbocycles. The van der Waals surface area contributed by atoms with Crippen LogP contribution in [0.15, 0.2) is 47.5 Å². The fraction of sp³-hybridized carbons (Fsp3) is 0.190. The van der Waals surface area contributed by atoms with E-state index in [1.165, 1.54) is 11.8 Å². The second kappa shape index (κ2) is 7.59. The molecule has 5 heteroatoms. The summed E-state index contributed by atoms with van der Waals surface area (Å²) in [6, 6.07) is 15.9. The maximum Gasteiger partial charge on any atom is 0.234 e. The lowest BCUT2D eigenvalue weighted by molar-refractivity contribution is -0.113. The first-order valence-electron chi connectivity index (χ1n) is 8.27. The summed E-state index contributed by atoms with van der Waals surface area (Å²) in [5.74, 6) is 0.0885. The SMILES string of the molecule is Cc1ccc(C)c(NC(=O)CSc2nc3cc(C)ccc3cc2C#N)c1. The van der Waals surface area contributed by atoms with Crippen LogP contribution in [0.5, 0.6) is 0 Å². The highest BCUT2D eigenvalue weighted by molar-refractivity contribution is 8.00. The van der Waals surface area contributed by atoms with E-state index in [-0.39, 0.29) is 11.7 Å². The van der Waals surface area contributed by atoms with Gasteiger partial charge in [0.2, 0.25) is 5.91 Å². The van der Waals surface area contributed by atoms with Gasteiger partial charge in [-0.1, -0.05) is 36.0 Å². The minimum absolute atomic E-state index is 0.112. The molecule has 0 fully saturated rings. The monoisotopic (exact) mass is 361 g/mol. The molecule has 0 aliphatic carbocycles. The molecule has 2 aromatic carbocycles. The van der Waals surface area contributed by atoms with Crippen molar-refractivity contribution < 1.29 is 4.79 Å². The van der Waals surface area contributed by atoms with E-state index in [4.69, 9.17) is 0 Å². The Morgan fingerprint density at radius 3 is 2.62 bits per heavy atom. The molecule has 130 valence electrons. The summed E-state index contributed by atoms with van der Waals surface area (Å²) in [4.78, 5) is 16.9. The van der Waals surface area contributed by atoms with Gasteiger partial charge in [0.15, 0.2) is 0 Å². The number of thioether (sulfide) groups is 1. The van der Waals surface area contributed by atoms with Crippen LogP contribution in [0.4, 0.5) is 5.69 Å². The van der Waals surface area contributed by atoms with Gasteiger partial charge >= 0.3 is 0 Å². The van der Waals surface area contributed by atoms with Crippen LogP contribution in [0.1, 0.15) is 22.3 Å². The van der Waals surface area contributed by atoms with Gasteiger partial charge in [-0.05, 0) is 55.7 Å². The van der Waals surface area contributed by atoms with Crippen molar-refractivity contribution in [2.24, 2.45) is 0 Å². The van der Waals surface area contributed by atoms with Crippen LogP contribution in [-0.4, -0.2) is 16.6 Å². The van der Waals surface area contributed by atoms with E-state index in [9.17, 15) is 10.1 Å². The van der Waals surface area contributed by atoms with Crippen molar-refractivity contribution in [2.45, 2.75) is 25.8 Å². The molecule has 0 bridgehead atoms. The smallest absolute Gasteiger partial charge is 0.234 e. The number of amides is 1. The summed E-state index contributed by atoms with van der Waals surface area (Å²) in [5, 5.41) is 13.8. The standard InChI is InChI=1S/C21H19N3OS/c1-13-4-6-15(3)18(8-13)23-20(25)12-26-21-17(11-22)10-16-7-5-14(2)9-19(16)24-21/h4-10H,12H2,1-3H3,(H,23,25). The fourth-order valence-electron chi connectivity index (χ4n) is 2.64. The van der Waals surface area contributed by atoms with Gasteiger partial charge in [0.1, 0.15) is 11.1 Å². The van der Waals surface area contributed by atoms with Crippen molar-refractivity contribution in [3.63, 3.8) is 0 Å². The Balaban J connectivity index is 1.77. The first kappa shape index (κ1) is 18.0. The lowest BCUT2D eigenvalue weighted by Crippen LogP contribution is -2.15. The number of hydrogen-bond acceptors (Lipinski definition) is 4. The molecule has 0 atom stereocenters. The number of carbonyl (C=O) groups excluding carboxylic acids is 1. The molecule has 3 aromatic rings. The predicted octanol–water partition coefficient (Wildman–Crippen LogP) is 4.76. The first-order valence-corrected chi connectivity index (χ1v) is 9.26. The van der Waals surface area contributed by atoms with Crippen LogP contribution >= 0.6 is 11.8 Å². The van der Waals surface area contributed by atoms with Crippen LogP contribution in [-0.2, 0) is 4.79 Å². The molecule has 1 N–H and O–H groups in total. The molecule has 0 spiro atoms. The normalized spacial score (nSPS) is 10.5. The van der Waals surface area contributed by atoms with Crippen LogP contribution in [0.2, 0.25) is 0 Å². The van der Waals surface area contributed by atoms with Crippen molar-refractivity contribution in [3.05, 3.63) is 64.7 Å². The first-order chi connectivity index (χ1) is 12.5. The number of nitrogens with one attached hydrogen (secondary N) is 1. The minimum atomic E-state index is -0.112. The Morgan fingerprint density at radius 1 is 1.12 bits per heavy atom. The molecular weight excluding hydrogens is 342 g/mol. The number of nitrogens with zero attached hydrogens (tertiary/aromatic N) is 2. The van der Waals surface area contributed by atoms with Gasteiger partial charge < -0.3 is 5.32 Å². The van der Waals surface area contributed by atoms with E-state index in [0.29, 0.717) is 10.6 Å². The predicted molar refractivity (Wildman–Crippen MR) is 106 cm³/mol. The minimum Gasteiger partial charge on any atom is -0.325 e. The Bertz CT molecular complexity index is 1040. The summed E-state index contributed by atoms with van der Waals surface area (Å²) in [7, 11) is 0. The number of fused-ring (bicyclic) bond motifs is 1. The largest absolute Gasteiger partial charge is 0.325 e. The van der Waals surface area contributed by atoms with E-state index in [1.807, 2.05) is 63.2 Å². The number of anilines is 1. The van der Waals surface area contributed by atoms with Crippen molar-refractivity contribution in [2.75, 3.05) is 11.1 Å². The molecular formula is C21H19N3OS. The summed E-state index contributed by atoms with van der Waals surface area (Å²) in [5.41, 5.74) is 5.37. The average molecular weight is 361 g/mol. The van der Waals surface area contributed by atoms with Crippen LogP contribution in [0, 0.1) is 32.1 Å². The zero-order valence-corrected chi connectivity index (χ0v) is 15.8. The maximum atomic E-state index is 12.3. The molecule has 0 unspecified atom stereocenters. The topological polar surface area (TPSA) is 65.8 Å². The lowest BCUT2D eigenvalue weighted by atomic mass is 10.1. The molecule has 1 heterocycles. The zero-order valence-electron chi connectivity index (χ0n) is 15.0. The summed E-state index contributed by atoms with van der Waals surface area (Å²) >= 11 is 1.28. The number of rotatable bonds is 4. The Labute approximate surface area is 157 Å². The molecule has 4 nitrogen and oxygen atoms in total. The van der Waals surface area contributed by atoms with Gasteiger partial charge in [0, 0.05) is 11.1 Å². The zero-order chi connectivity index (χ0) is 18.7. The second-order valence-corrected chi connectivity index (χ2v) is 7.27. The second-order valence-electron chi connectivity index (χ2n) is 6.30. The van der Waals surface area contributed by atoms with Crippen molar-refractivity contribution in [1.29, 1.82) is 5.26 Å². The number of nitriles is 1. The quantitative estimate of drug-likeness (QED) is 0.680. The van der Waals surface area contributed by atoms with Crippen molar-refractivity contribution in [1.82, 2.24) is 4.98 Å². The fourth-order valence-corrected chi connectivity index (χ4v) is 3.40. The van der Waals surface area contributed by atoms with E-state index < -0.39 is 0 Å². The van der Waals surface area contributed by atoms with Gasteiger partial charge in [-0.15, -0.1) is 0 Å². The van der Waals surface area contributed by atoms with E-state index >= 15 is 0 Å². The van der Waals surface area contributed by atoms with Crippen molar-refractivity contribution in [3.8, 4) is 6.07 Å². The number of aryl methyl sites for hydroxylation is 3. The highest BCUT2D eigenvalue weighted by atomic mass is 32.2. The van der Waals surface area contributed by atoms with Crippen LogP contribution < -0.4 is 5.32 Å². The lowest BCUT2D eigenvalue weighted by Gasteiger charge is -2.10. The maximum absolute atomic E-state index is 12.3. The highest BCUT2D eigenvalue weighted by Crippen LogP contribution is 2.25. The van der Waals surface area contributed by atoms with Gasteiger partial charge in [-0.2, -0.15) is 5.26 Å². The van der Waals surface area contributed by atoms with Crippen LogP contribution in [0.3, 0.4) is 0 Å². The Morgan fingerprint density at radius 2 is 1.85 bits per heavy atom. The summed E-state index contributed by atoms with van der Waals surface area (Å²) in [6.45, 7) is 5.96. The Hall–Kier alpha value is -2.84. The molecule has 26 heavy (non-hydrogen) atoms. The number of hydrogen-bond donors (Lipinski definition) is 1.